The Kier molecular flexibility index (Phi) is 6.71. The number of hydrogen-bond donors (Lipinski definition) is 1. The second kappa shape index (κ2) is 9.37. The van der Waals surface area contributed by atoms with Crippen LogP contribution in [0, 0.1) is 12.8 Å². The Hall–Kier alpha value is -2.54. The number of nitrogens with one attached hydrogen (secondary N) is 1. The SMILES string of the molecule is Cc1ccc2cc(CN(C3CCCCC3)C(c3nnnn3C(C)(C)C)C(C)C)c(=O)[nH]c2c1. The van der Waals surface area contributed by atoms with Crippen LogP contribution in [0.25, 0.3) is 10.9 Å². The Balaban J connectivity index is 1.79. The summed E-state index contributed by atoms with van der Waals surface area (Å²) in [7, 11) is 0. The molecule has 178 valence electrons. The van der Waals surface area contributed by atoms with Gasteiger partial charge in [-0.15, -0.1) is 5.10 Å². The summed E-state index contributed by atoms with van der Waals surface area (Å²) >= 11 is 0. The Bertz CT molecular complexity index is 1150. The minimum atomic E-state index is -0.220. The van der Waals surface area contributed by atoms with Gasteiger partial charge in [0.2, 0.25) is 0 Å². The molecule has 4 rings (SSSR count). The van der Waals surface area contributed by atoms with Gasteiger partial charge in [0.05, 0.1) is 11.6 Å². The first-order valence-electron chi connectivity index (χ1n) is 12.3. The molecule has 1 aliphatic rings. The monoisotopic (exact) mass is 450 g/mol. The first-order valence-corrected chi connectivity index (χ1v) is 12.3. The van der Waals surface area contributed by atoms with Crippen LogP contribution in [0.2, 0.25) is 0 Å². The molecule has 0 bridgehead atoms. The van der Waals surface area contributed by atoms with E-state index in [-0.39, 0.29) is 17.1 Å². The van der Waals surface area contributed by atoms with Gasteiger partial charge in [-0.3, -0.25) is 9.69 Å². The quantitative estimate of drug-likeness (QED) is 0.564. The zero-order chi connectivity index (χ0) is 23.8. The third-order valence-electron chi connectivity index (χ3n) is 6.86. The van der Waals surface area contributed by atoms with Crippen molar-refractivity contribution in [1.82, 2.24) is 30.1 Å². The summed E-state index contributed by atoms with van der Waals surface area (Å²) in [6.45, 7) is 13.5. The van der Waals surface area contributed by atoms with Gasteiger partial charge in [0, 0.05) is 23.7 Å². The third-order valence-corrected chi connectivity index (χ3v) is 6.86. The smallest absolute Gasteiger partial charge is 0.252 e. The fourth-order valence-corrected chi connectivity index (χ4v) is 5.23. The lowest BCUT2D eigenvalue weighted by molar-refractivity contribution is 0.0580. The van der Waals surface area contributed by atoms with E-state index in [1.807, 2.05) is 17.7 Å². The molecule has 1 atom stereocenters. The number of hydrogen-bond acceptors (Lipinski definition) is 5. The maximum atomic E-state index is 13.1. The van der Waals surface area contributed by atoms with Crippen LogP contribution in [0.1, 0.15) is 89.7 Å². The molecule has 3 aromatic rings. The highest BCUT2D eigenvalue weighted by Gasteiger charge is 2.36. The molecule has 33 heavy (non-hydrogen) atoms. The molecule has 1 aromatic carbocycles. The standard InChI is InChI=1S/C26H38N6O/c1-17(2)23(24-28-29-30-32(24)26(4,5)6)31(21-10-8-7-9-11-21)16-20-15-19-13-12-18(3)14-22(19)27-25(20)33/h12-15,17,21,23H,7-11,16H2,1-6H3,(H,27,33). The fraction of sp³-hybridized carbons (Fsp3) is 0.615. The van der Waals surface area contributed by atoms with Gasteiger partial charge >= 0.3 is 0 Å². The summed E-state index contributed by atoms with van der Waals surface area (Å²) in [5, 5.41) is 14.0. The summed E-state index contributed by atoms with van der Waals surface area (Å²) in [6.07, 6.45) is 6.02. The van der Waals surface area contributed by atoms with Crippen LogP contribution in [0.3, 0.4) is 0 Å². The number of tetrazole rings is 1. The highest BCUT2D eigenvalue weighted by molar-refractivity contribution is 5.79. The topological polar surface area (TPSA) is 79.7 Å². The second-order valence-corrected chi connectivity index (χ2v) is 11.0. The minimum Gasteiger partial charge on any atom is -0.322 e. The van der Waals surface area contributed by atoms with Crippen molar-refractivity contribution in [3.8, 4) is 0 Å². The number of aromatic nitrogens is 5. The van der Waals surface area contributed by atoms with Gasteiger partial charge in [-0.2, -0.15) is 0 Å². The molecule has 0 radical (unpaired) electrons. The maximum Gasteiger partial charge on any atom is 0.252 e. The highest BCUT2D eigenvalue weighted by Crippen LogP contribution is 2.36. The van der Waals surface area contributed by atoms with Gasteiger partial charge in [-0.05, 0) is 80.0 Å². The normalized spacial score (nSPS) is 16.7. The summed E-state index contributed by atoms with van der Waals surface area (Å²) in [5.74, 6) is 1.18. The fourth-order valence-electron chi connectivity index (χ4n) is 5.23. The third kappa shape index (κ3) is 5.03. The first-order chi connectivity index (χ1) is 15.6. The van der Waals surface area contributed by atoms with E-state index in [1.54, 1.807) is 0 Å². The van der Waals surface area contributed by atoms with Gasteiger partial charge in [-0.1, -0.05) is 45.2 Å². The Morgan fingerprint density at radius 2 is 1.88 bits per heavy atom. The van der Waals surface area contributed by atoms with Crippen molar-refractivity contribution in [2.45, 2.75) is 97.8 Å². The molecule has 1 aliphatic carbocycles. The first kappa shape index (κ1) is 23.6. The zero-order valence-corrected chi connectivity index (χ0v) is 20.9. The number of H-pyrrole nitrogens is 1. The molecular formula is C26H38N6O. The van der Waals surface area contributed by atoms with Crippen LogP contribution in [0.5, 0.6) is 0 Å². The van der Waals surface area contributed by atoms with E-state index in [9.17, 15) is 4.79 Å². The molecule has 0 saturated heterocycles. The Morgan fingerprint density at radius 1 is 1.15 bits per heavy atom. The van der Waals surface area contributed by atoms with E-state index < -0.39 is 0 Å². The Labute approximate surface area is 196 Å². The highest BCUT2D eigenvalue weighted by atomic mass is 16.1. The molecular weight excluding hydrogens is 412 g/mol. The molecule has 1 fully saturated rings. The average Bonchev–Trinajstić information content (AvgIpc) is 3.24. The van der Waals surface area contributed by atoms with Crippen molar-refractivity contribution in [1.29, 1.82) is 0 Å². The predicted octanol–water partition coefficient (Wildman–Crippen LogP) is 5.11. The number of fused-ring (bicyclic) bond motifs is 1. The number of benzene rings is 1. The van der Waals surface area contributed by atoms with E-state index in [2.05, 4.69) is 78.2 Å². The molecule has 7 heteroatoms. The molecule has 2 aromatic heterocycles. The summed E-state index contributed by atoms with van der Waals surface area (Å²) in [5.41, 5.74) is 2.61. The van der Waals surface area contributed by atoms with Crippen molar-refractivity contribution >= 4 is 10.9 Å². The molecule has 0 spiro atoms. The van der Waals surface area contributed by atoms with Gasteiger partial charge in [0.25, 0.3) is 5.56 Å². The van der Waals surface area contributed by atoms with E-state index in [1.165, 1.54) is 19.3 Å². The molecule has 0 aliphatic heterocycles. The van der Waals surface area contributed by atoms with E-state index in [0.29, 0.717) is 18.5 Å². The predicted molar refractivity (Wildman–Crippen MR) is 132 cm³/mol. The van der Waals surface area contributed by atoms with Crippen molar-refractivity contribution < 1.29 is 0 Å². The van der Waals surface area contributed by atoms with Crippen LogP contribution in [0.15, 0.2) is 29.1 Å². The van der Waals surface area contributed by atoms with Crippen LogP contribution in [0.4, 0.5) is 0 Å². The van der Waals surface area contributed by atoms with Gasteiger partial charge in [0.15, 0.2) is 5.82 Å². The molecule has 1 N–H and O–H groups in total. The van der Waals surface area contributed by atoms with Gasteiger partial charge < -0.3 is 4.98 Å². The molecule has 1 unspecified atom stereocenters. The number of rotatable bonds is 6. The minimum absolute atomic E-state index is 0.00757. The maximum absolute atomic E-state index is 13.1. The van der Waals surface area contributed by atoms with E-state index >= 15 is 0 Å². The van der Waals surface area contributed by atoms with Crippen molar-refractivity contribution in [3.05, 3.63) is 51.6 Å². The van der Waals surface area contributed by atoms with Crippen LogP contribution in [-0.2, 0) is 12.1 Å². The largest absolute Gasteiger partial charge is 0.322 e. The van der Waals surface area contributed by atoms with E-state index in [4.69, 9.17) is 0 Å². The second-order valence-electron chi connectivity index (χ2n) is 11.0. The van der Waals surface area contributed by atoms with Crippen LogP contribution >= 0.6 is 0 Å². The lowest BCUT2D eigenvalue weighted by atomic mass is 9.90. The molecule has 7 nitrogen and oxygen atoms in total. The van der Waals surface area contributed by atoms with Crippen molar-refractivity contribution in [2.24, 2.45) is 5.92 Å². The lowest BCUT2D eigenvalue weighted by Gasteiger charge is -2.41. The Morgan fingerprint density at radius 3 is 2.55 bits per heavy atom. The number of pyridine rings is 1. The average molecular weight is 451 g/mol. The molecule has 1 saturated carbocycles. The molecule has 0 amide bonds. The van der Waals surface area contributed by atoms with Gasteiger partial charge in [0.1, 0.15) is 0 Å². The summed E-state index contributed by atoms with van der Waals surface area (Å²) in [6, 6.07) is 8.72. The van der Waals surface area contributed by atoms with Gasteiger partial charge in [-0.25, -0.2) is 4.68 Å². The van der Waals surface area contributed by atoms with Crippen LogP contribution in [-0.4, -0.2) is 36.1 Å². The van der Waals surface area contributed by atoms with Crippen molar-refractivity contribution in [3.63, 3.8) is 0 Å². The van der Waals surface area contributed by atoms with E-state index in [0.717, 1.165) is 40.7 Å². The number of nitrogens with zero attached hydrogens (tertiary/aromatic N) is 5. The summed E-state index contributed by atoms with van der Waals surface area (Å²) in [4.78, 5) is 18.8. The lowest BCUT2D eigenvalue weighted by Crippen LogP contribution is -2.44. The molecule has 2 heterocycles. The number of aromatic amines is 1. The zero-order valence-electron chi connectivity index (χ0n) is 20.9. The van der Waals surface area contributed by atoms with Crippen molar-refractivity contribution in [2.75, 3.05) is 0 Å². The number of aryl methyl sites for hydroxylation is 1. The summed E-state index contributed by atoms with van der Waals surface area (Å²) < 4.78 is 1.96. The van der Waals surface area contributed by atoms with Crippen LogP contribution < -0.4 is 5.56 Å².